The predicted molar refractivity (Wildman–Crippen MR) is 63.7 cm³/mol. The number of ether oxygens (including phenoxy) is 1. The fourth-order valence-electron chi connectivity index (χ4n) is 1.45. The van der Waals surface area contributed by atoms with E-state index in [9.17, 15) is 0 Å². The van der Waals surface area contributed by atoms with Gasteiger partial charge in [-0.2, -0.15) is 5.26 Å². The Labute approximate surface area is 96.8 Å². The average molecular weight is 218 g/mol. The van der Waals surface area contributed by atoms with Crippen LogP contribution in [0.15, 0.2) is 24.3 Å². The largest absolute Gasteiger partial charge is 0.377 e. The van der Waals surface area contributed by atoms with E-state index in [2.05, 4.69) is 6.07 Å². The molecule has 0 aromatic heterocycles. The zero-order valence-corrected chi connectivity index (χ0v) is 9.48. The maximum absolute atomic E-state index is 8.73. The van der Waals surface area contributed by atoms with Gasteiger partial charge in [-0.25, -0.2) is 0 Å². The minimum Gasteiger partial charge on any atom is -0.377 e. The Morgan fingerprint density at radius 3 is 2.88 bits per heavy atom. The highest BCUT2D eigenvalue weighted by Crippen LogP contribution is 2.06. The molecular formula is C13H18N2O. The number of hydrogen-bond donors (Lipinski definition) is 1. The molecule has 0 spiro atoms. The van der Waals surface area contributed by atoms with Crippen LogP contribution in [0.5, 0.6) is 0 Å². The highest BCUT2D eigenvalue weighted by atomic mass is 16.5. The van der Waals surface area contributed by atoms with Crippen LogP contribution in [0, 0.1) is 11.3 Å². The molecule has 0 heterocycles. The molecule has 0 aliphatic carbocycles. The Balaban J connectivity index is 2.19. The van der Waals surface area contributed by atoms with Crippen molar-refractivity contribution in [2.45, 2.75) is 25.9 Å². The van der Waals surface area contributed by atoms with E-state index < -0.39 is 0 Å². The highest BCUT2D eigenvalue weighted by molar-refractivity contribution is 5.32. The van der Waals surface area contributed by atoms with Crippen LogP contribution >= 0.6 is 0 Å². The quantitative estimate of drug-likeness (QED) is 0.714. The van der Waals surface area contributed by atoms with E-state index in [1.54, 1.807) is 6.07 Å². The van der Waals surface area contributed by atoms with Gasteiger partial charge in [-0.1, -0.05) is 12.1 Å². The van der Waals surface area contributed by atoms with E-state index >= 15 is 0 Å². The molecule has 1 aromatic rings. The number of rotatable bonds is 7. The van der Waals surface area contributed by atoms with Gasteiger partial charge in [0.15, 0.2) is 0 Å². The second-order valence-electron chi connectivity index (χ2n) is 3.71. The van der Waals surface area contributed by atoms with Crippen LogP contribution in [-0.2, 0) is 11.3 Å². The molecule has 3 nitrogen and oxygen atoms in total. The third-order valence-electron chi connectivity index (χ3n) is 2.32. The Morgan fingerprint density at radius 1 is 1.25 bits per heavy atom. The molecule has 86 valence electrons. The first-order valence-electron chi connectivity index (χ1n) is 5.63. The summed E-state index contributed by atoms with van der Waals surface area (Å²) in [6, 6.07) is 9.63. The first kappa shape index (κ1) is 12.7. The number of unbranched alkanes of at least 4 members (excludes halogenated alkanes) is 2. The summed E-state index contributed by atoms with van der Waals surface area (Å²) in [6.07, 6.45) is 3.23. The minimum absolute atomic E-state index is 0.581. The van der Waals surface area contributed by atoms with Gasteiger partial charge in [-0.05, 0) is 43.5 Å². The summed E-state index contributed by atoms with van der Waals surface area (Å²) in [4.78, 5) is 0. The summed E-state index contributed by atoms with van der Waals surface area (Å²) in [5.41, 5.74) is 7.13. The van der Waals surface area contributed by atoms with E-state index in [-0.39, 0.29) is 0 Å². The van der Waals surface area contributed by atoms with Crippen molar-refractivity contribution in [3.8, 4) is 6.07 Å². The normalized spacial score (nSPS) is 10.0. The summed E-state index contributed by atoms with van der Waals surface area (Å²) >= 11 is 0. The first-order chi connectivity index (χ1) is 7.86. The molecule has 1 rings (SSSR count). The Kier molecular flexibility index (Phi) is 6.24. The van der Waals surface area contributed by atoms with Gasteiger partial charge < -0.3 is 10.5 Å². The van der Waals surface area contributed by atoms with Gasteiger partial charge in [0.05, 0.1) is 18.2 Å². The molecule has 0 fully saturated rings. The number of hydrogen-bond acceptors (Lipinski definition) is 3. The molecule has 0 aliphatic rings. The van der Waals surface area contributed by atoms with Gasteiger partial charge in [0, 0.05) is 6.61 Å². The van der Waals surface area contributed by atoms with E-state index in [0.29, 0.717) is 12.2 Å². The molecule has 0 radical (unpaired) electrons. The maximum atomic E-state index is 8.73. The number of benzene rings is 1. The zero-order valence-electron chi connectivity index (χ0n) is 9.48. The Morgan fingerprint density at radius 2 is 2.12 bits per heavy atom. The third-order valence-corrected chi connectivity index (χ3v) is 2.32. The lowest BCUT2D eigenvalue weighted by atomic mass is 10.1. The van der Waals surface area contributed by atoms with E-state index in [4.69, 9.17) is 15.7 Å². The predicted octanol–water partition coefficient (Wildman–Crippen LogP) is 2.20. The molecular weight excluding hydrogens is 200 g/mol. The Hall–Kier alpha value is -1.37. The summed E-state index contributed by atoms with van der Waals surface area (Å²) < 4.78 is 5.52. The van der Waals surface area contributed by atoms with Crippen LogP contribution in [0.3, 0.4) is 0 Å². The first-order valence-corrected chi connectivity index (χ1v) is 5.63. The SMILES string of the molecule is N#Cc1cccc(COCCCCCN)c1. The highest BCUT2D eigenvalue weighted by Gasteiger charge is 1.95. The topological polar surface area (TPSA) is 59.0 Å². The summed E-state index contributed by atoms with van der Waals surface area (Å²) in [7, 11) is 0. The maximum Gasteiger partial charge on any atom is 0.0991 e. The van der Waals surface area contributed by atoms with Crippen LogP contribution in [0.25, 0.3) is 0 Å². The molecule has 0 saturated carbocycles. The fourth-order valence-corrected chi connectivity index (χ4v) is 1.45. The van der Waals surface area contributed by atoms with E-state index in [1.807, 2.05) is 18.2 Å². The van der Waals surface area contributed by atoms with Crippen molar-refractivity contribution < 1.29 is 4.74 Å². The van der Waals surface area contributed by atoms with Crippen LogP contribution in [-0.4, -0.2) is 13.2 Å². The second kappa shape index (κ2) is 7.86. The smallest absolute Gasteiger partial charge is 0.0991 e. The van der Waals surface area contributed by atoms with Crippen LogP contribution in [0.4, 0.5) is 0 Å². The molecule has 0 atom stereocenters. The number of nitrogens with zero attached hydrogens (tertiary/aromatic N) is 1. The van der Waals surface area contributed by atoms with E-state index in [1.165, 1.54) is 0 Å². The molecule has 16 heavy (non-hydrogen) atoms. The monoisotopic (exact) mass is 218 g/mol. The van der Waals surface area contributed by atoms with Crippen LogP contribution < -0.4 is 5.73 Å². The van der Waals surface area contributed by atoms with Crippen molar-refractivity contribution in [2.24, 2.45) is 5.73 Å². The van der Waals surface area contributed by atoms with Gasteiger partial charge in [0.1, 0.15) is 0 Å². The number of nitrogens with two attached hydrogens (primary N) is 1. The van der Waals surface area contributed by atoms with Gasteiger partial charge in [0.2, 0.25) is 0 Å². The molecule has 0 bridgehead atoms. The minimum atomic E-state index is 0.581. The third kappa shape index (κ3) is 4.92. The zero-order chi connectivity index (χ0) is 11.6. The molecule has 2 N–H and O–H groups in total. The number of nitriles is 1. The lowest BCUT2D eigenvalue weighted by Gasteiger charge is -2.04. The van der Waals surface area contributed by atoms with Crippen molar-refractivity contribution >= 4 is 0 Å². The standard InChI is InChI=1S/C13H18N2O/c14-7-2-1-3-8-16-11-13-6-4-5-12(9-13)10-15/h4-6,9H,1-3,7-8,11,14H2. The van der Waals surface area contributed by atoms with Crippen LogP contribution in [0.2, 0.25) is 0 Å². The van der Waals surface area contributed by atoms with Crippen molar-refractivity contribution in [1.29, 1.82) is 5.26 Å². The lowest BCUT2D eigenvalue weighted by molar-refractivity contribution is 0.117. The molecule has 0 aliphatic heterocycles. The summed E-state index contributed by atoms with van der Waals surface area (Å²) in [5, 5.41) is 8.73. The van der Waals surface area contributed by atoms with Gasteiger partial charge in [-0.3, -0.25) is 0 Å². The molecule has 1 aromatic carbocycles. The molecule has 0 unspecified atom stereocenters. The second-order valence-corrected chi connectivity index (χ2v) is 3.71. The van der Waals surface area contributed by atoms with Crippen molar-refractivity contribution in [3.63, 3.8) is 0 Å². The molecule has 0 amide bonds. The average Bonchev–Trinajstić information content (AvgIpc) is 2.34. The lowest BCUT2D eigenvalue weighted by Crippen LogP contribution is -2.00. The van der Waals surface area contributed by atoms with E-state index in [0.717, 1.165) is 38.0 Å². The molecule has 0 saturated heterocycles. The van der Waals surface area contributed by atoms with Gasteiger partial charge in [-0.15, -0.1) is 0 Å². The van der Waals surface area contributed by atoms with Crippen molar-refractivity contribution in [3.05, 3.63) is 35.4 Å². The van der Waals surface area contributed by atoms with Gasteiger partial charge in [0.25, 0.3) is 0 Å². The summed E-state index contributed by atoms with van der Waals surface area (Å²) in [5.74, 6) is 0. The fraction of sp³-hybridized carbons (Fsp3) is 0.462. The van der Waals surface area contributed by atoms with Crippen molar-refractivity contribution in [1.82, 2.24) is 0 Å². The summed E-state index contributed by atoms with van der Waals surface area (Å²) in [6.45, 7) is 2.10. The van der Waals surface area contributed by atoms with Crippen LogP contribution in [0.1, 0.15) is 30.4 Å². The Bertz CT molecular complexity index is 344. The molecule has 3 heteroatoms. The van der Waals surface area contributed by atoms with Gasteiger partial charge >= 0.3 is 0 Å². The van der Waals surface area contributed by atoms with Crippen molar-refractivity contribution in [2.75, 3.05) is 13.2 Å².